The largest absolute Gasteiger partial charge is 0.352 e. The van der Waals surface area contributed by atoms with Gasteiger partial charge in [-0.1, -0.05) is 35.5 Å². The first-order valence-electron chi connectivity index (χ1n) is 9.23. The summed E-state index contributed by atoms with van der Waals surface area (Å²) in [6, 6.07) is 14.7. The van der Waals surface area contributed by atoms with E-state index >= 15 is 0 Å². The van der Waals surface area contributed by atoms with Crippen molar-refractivity contribution < 1.29 is 9.32 Å². The zero-order chi connectivity index (χ0) is 20.2. The average molecular weight is 389 g/mol. The quantitative estimate of drug-likeness (QED) is 0.522. The molecule has 4 aromatic rings. The molecule has 146 valence electrons. The zero-order valence-corrected chi connectivity index (χ0v) is 15.8. The van der Waals surface area contributed by atoms with Gasteiger partial charge in [-0.2, -0.15) is 4.98 Å². The first-order chi connectivity index (χ1) is 14.1. The monoisotopic (exact) mass is 389 g/mol. The Morgan fingerprint density at radius 3 is 2.79 bits per heavy atom. The molecule has 0 atom stereocenters. The molecule has 29 heavy (non-hydrogen) atoms. The van der Waals surface area contributed by atoms with Crippen molar-refractivity contribution in [2.75, 3.05) is 6.54 Å². The lowest BCUT2D eigenvalue weighted by Gasteiger charge is -2.05. The number of aromatic amines is 1. The number of benzene rings is 2. The van der Waals surface area contributed by atoms with Crippen LogP contribution < -0.4 is 10.9 Å². The second-order valence-corrected chi connectivity index (χ2v) is 6.66. The Morgan fingerprint density at radius 2 is 1.97 bits per heavy atom. The molecular formula is C21H19N5O3. The van der Waals surface area contributed by atoms with Crippen LogP contribution in [-0.2, 0) is 12.8 Å². The highest BCUT2D eigenvalue weighted by molar-refractivity contribution is 5.97. The Bertz CT molecular complexity index is 1210. The lowest BCUT2D eigenvalue weighted by molar-refractivity contribution is 0.0953. The number of nitrogens with zero attached hydrogens (tertiary/aromatic N) is 3. The molecule has 0 aliphatic heterocycles. The molecule has 0 aliphatic carbocycles. The number of hydrogen-bond donors (Lipinski definition) is 2. The molecule has 0 saturated heterocycles. The fourth-order valence-electron chi connectivity index (χ4n) is 3.02. The highest BCUT2D eigenvalue weighted by Crippen LogP contribution is 2.11. The average Bonchev–Trinajstić information content (AvgIpc) is 3.15. The van der Waals surface area contributed by atoms with E-state index in [9.17, 15) is 9.59 Å². The molecule has 4 rings (SSSR count). The molecule has 0 aliphatic rings. The van der Waals surface area contributed by atoms with Gasteiger partial charge in [0.15, 0.2) is 5.82 Å². The van der Waals surface area contributed by atoms with Crippen molar-refractivity contribution in [2.24, 2.45) is 0 Å². The predicted octanol–water partition coefficient (Wildman–Crippen LogP) is 2.18. The van der Waals surface area contributed by atoms with Gasteiger partial charge in [0, 0.05) is 24.9 Å². The van der Waals surface area contributed by atoms with Crippen molar-refractivity contribution in [2.45, 2.75) is 19.8 Å². The predicted molar refractivity (Wildman–Crippen MR) is 107 cm³/mol. The molecule has 0 bridgehead atoms. The van der Waals surface area contributed by atoms with Gasteiger partial charge in [-0.25, -0.2) is 4.98 Å². The van der Waals surface area contributed by atoms with Gasteiger partial charge < -0.3 is 14.8 Å². The van der Waals surface area contributed by atoms with Crippen LogP contribution in [-0.4, -0.2) is 32.6 Å². The summed E-state index contributed by atoms with van der Waals surface area (Å²) in [4.78, 5) is 35.7. The van der Waals surface area contributed by atoms with E-state index < -0.39 is 0 Å². The van der Waals surface area contributed by atoms with E-state index in [4.69, 9.17) is 4.52 Å². The zero-order valence-electron chi connectivity index (χ0n) is 15.8. The Labute approximate surface area is 166 Å². The number of fused-ring (bicyclic) bond motifs is 1. The number of nitrogens with one attached hydrogen (secondary N) is 2. The van der Waals surface area contributed by atoms with Crippen molar-refractivity contribution in [1.82, 2.24) is 25.4 Å². The standard InChI is InChI=1S/C21H19N5O3/c1-13-23-17-8-7-15(12-16(17)21(28)24-13)20(27)22-10-9-19-25-18(26-29-19)11-14-5-3-2-4-6-14/h2-8,12H,9-11H2,1H3,(H,22,27)(H,23,24,28). The van der Waals surface area contributed by atoms with E-state index in [1.807, 2.05) is 30.3 Å². The smallest absolute Gasteiger partial charge is 0.258 e. The van der Waals surface area contributed by atoms with Gasteiger partial charge >= 0.3 is 0 Å². The molecule has 0 saturated carbocycles. The summed E-state index contributed by atoms with van der Waals surface area (Å²) in [5.74, 6) is 1.32. The van der Waals surface area contributed by atoms with Crippen LogP contribution in [0.2, 0.25) is 0 Å². The van der Waals surface area contributed by atoms with Gasteiger partial charge in [0.2, 0.25) is 5.89 Å². The summed E-state index contributed by atoms with van der Waals surface area (Å²) >= 11 is 0. The first kappa shape index (κ1) is 18.5. The SMILES string of the molecule is Cc1nc2ccc(C(=O)NCCc3nc(Cc4ccccc4)no3)cc2c(=O)[nH]1. The topological polar surface area (TPSA) is 114 Å². The molecule has 1 amide bonds. The highest BCUT2D eigenvalue weighted by Gasteiger charge is 2.11. The number of aromatic nitrogens is 4. The summed E-state index contributed by atoms with van der Waals surface area (Å²) in [7, 11) is 0. The van der Waals surface area contributed by atoms with E-state index in [2.05, 4.69) is 25.4 Å². The molecule has 2 heterocycles. The third-order valence-electron chi connectivity index (χ3n) is 4.43. The molecule has 0 fully saturated rings. The van der Waals surface area contributed by atoms with E-state index in [1.54, 1.807) is 25.1 Å². The van der Waals surface area contributed by atoms with E-state index in [0.29, 0.717) is 53.4 Å². The first-order valence-corrected chi connectivity index (χ1v) is 9.23. The Hall–Kier alpha value is -3.81. The maximum Gasteiger partial charge on any atom is 0.258 e. The van der Waals surface area contributed by atoms with Gasteiger partial charge in [0.05, 0.1) is 10.9 Å². The van der Waals surface area contributed by atoms with Crippen molar-refractivity contribution in [1.29, 1.82) is 0 Å². The minimum absolute atomic E-state index is 0.265. The summed E-state index contributed by atoms with van der Waals surface area (Å²) in [6.45, 7) is 2.05. The normalized spacial score (nSPS) is 10.9. The van der Waals surface area contributed by atoms with Crippen molar-refractivity contribution >= 4 is 16.8 Å². The summed E-state index contributed by atoms with van der Waals surface area (Å²) in [5, 5.41) is 7.16. The van der Waals surface area contributed by atoms with E-state index in [-0.39, 0.29) is 11.5 Å². The number of carbonyl (C=O) groups is 1. The molecular weight excluding hydrogens is 370 g/mol. The Morgan fingerprint density at radius 1 is 1.14 bits per heavy atom. The summed E-state index contributed by atoms with van der Waals surface area (Å²) < 4.78 is 5.24. The highest BCUT2D eigenvalue weighted by atomic mass is 16.5. The van der Waals surface area contributed by atoms with Crippen LogP contribution in [0.4, 0.5) is 0 Å². The fourth-order valence-corrected chi connectivity index (χ4v) is 3.02. The van der Waals surface area contributed by atoms with Gasteiger partial charge in [0.25, 0.3) is 11.5 Å². The fraction of sp³-hybridized carbons (Fsp3) is 0.190. The van der Waals surface area contributed by atoms with Crippen LogP contribution in [0.15, 0.2) is 57.8 Å². The van der Waals surface area contributed by atoms with E-state index in [0.717, 1.165) is 5.56 Å². The molecule has 0 spiro atoms. The van der Waals surface area contributed by atoms with Crippen LogP contribution in [0.5, 0.6) is 0 Å². The molecule has 8 heteroatoms. The minimum atomic E-state index is -0.282. The van der Waals surface area contributed by atoms with Crippen LogP contribution >= 0.6 is 0 Å². The molecule has 0 radical (unpaired) electrons. The van der Waals surface area contributed by atoms with Crippen LogP contribution in [0.1, 0.15) is 33.5 Å². The van der Waals surface area contributed by atoms with Crippen molar-refractivity contribution in [3.05, 3.63) is 87.6 Å². The number of rotatable bonds is 6. The molecule has 2 aromatic carbocycles. The van der Waals surface area contributed by atoms with E-state index in [1.165, 1.54) is 0 Å². The maximum atomic E-state index is 12.4. The third kappa shape index (κ3) is 4.37. The van der Waals surface area contributed by atoms with Crippen LogP contribution in [0, 0.1) is 6.92 Å². The molecule has 2 aromatic heterocycles. The number of H-pyrrole nitrogens is 1. The molecule has 0 unspecified atom stereocenters. The minimum Gasteiger partial charge on any atom is -0.352 e. The van der Waals surface area contributed by atoms with Gasteiger partial charge in [0.1, 0.15) is 5.82 Å². The van der Waals surface area contributed by atoms with Gasteiger partial charge in [-0.15, -0.1) is 0 Å². The molecule has 8 nitrogen and oxygen atoms in total. The number of hydrogen-bond acceptors (Lipinski definition) is 6. The van der Waals surface area contributed by atoms with Gasteiger partial charge in [-0.3, -0.25) is 9.59 Å². The second kappa shape index (κ2) is 8.05. The third-order valence-corrected chi connectivity index (χ3v) is 4.43. The number of aryl methyl sites for hydroxylation is 1. The second-order valence-electron chi connectivity index (χ2n) is 6.66. The van der Waals surface area contributed by atoms with Crippen molar-refractivity contribution in [3.8, 4) is 0 Å². The van der Waals surface area contributed by atoms with Crippen LogP contribution in [0.3, 0.4) is 0 Å². The van der Waals surface area contributed by atoms with Crippen LogP contribution in [0.25, 0.3) is 10.9 Å². The Kier molecular flexibility index (Phi) is 5.15. The Balaban J connectivity index is 1.35. The maximum absolute atomic E-state index is 12.4. The summed E-state index contributed by atoms with van der Waals surface area (Å²) in [6.07, 6.45) is 1.01. The summed E-state index contributed by atoms with van der Waals surface area (Å²) in [5.41, 5.74) is 1.78. The lowest BCUT2D eigenvalue weighted by atomic mass is 10.1. The number of amides is 1. The molecule has 2 N–H and O–H groups in total. The number of carbonyl (C=O) groups excluding carboxylic acids is 1. The van der Waals surface area contributed by atoms with Gasteiger partial charge in [-0.05, 0) is 30.7 Å². The van der Waals surface area contributed by atoms with Crippen molar-refractivity contribution in [3.63, 3.8) is 0 Å². The lowest BCUT2D eigenvalue weighted by Crippen LogP contribution is -2.26.